The number of nitrogens with zero attached hydrogens (tertiary/aromatic N) is 2. The highest BCUT2D eigenvalue weighted by molar-refractivity contribution is 6.03. The van der Waals surface area contributed by atoms with Gasteiger partial charge in [0.25, 0.3) is 0 Å². The van der Waals surface area contributed by atoms with Crippen molar-refractivity contribution in [1.29, 1.82) is 0 Å². The third-order valence-electron chi connectivity index (χ3n) is 7.89. The Morgan fingerprint density at radius 1 is 0.545 bits per heavy atom. The normalized spacial score (nSPS) is 11.7. The third-order valence-corrected chi connectivity index (χ3v) is 7.89. The summed E-state index contributed by atoms with van der Waals surface area (Å²) in [6.45, 7) is 10.7. The molecule has 0 aliphatic rings. The Hall–Kier alpha value is -6.55. The van der Waals surface area contributed by atoms with E-state index in [0.717, 1.165) is 51.9 Å². The predicted octanol–water partition coefficient (Wildman–Crippen LogP) is 9.22. The SMILES string of the molecule is C=CC(=O)OCCCCOc1ccc(/C=C/C(=O)Oc2ccc(/C(CC)=N/N=C(\CC)c3ccc(OC(=O)/C=C/c4ccc(OCC)cc4)cc3)cc2)cc1. The summed E-state index contributed by atoms with van der Waals surface area (Å²) < 4.78 is 27.1. The van der Waals surface area contributed by atoms with Crippen LogP contribution in [0, 0.1) is 0 Å². The van der Waals surface area contributed by atoms with Crippen molar-refractivity contribution in [3.63, 3.8) is 0 Å². The molecule has 0 aromatic heterocycles. The molecule has 0 saturated carbocycles. The lowest BCUT2D eigenvalue weighted by Gasteiger charge is -2.07. The zero-order valence-corrected chi connectivity index (χ0v) is 31.4. The van der Waals surface area contributed by atoms with E-state index < -0.39 is 17.9 Å². The Morgan fingerprint density at radius 2 is 0.964 bits per heavy atom. The van der Waals surface area contributed by atoms with Gasteiger partial charge < -0.3 is 23.7 Å². The van der Waals surface area contributed by atoms with Gasteiger partial charge in [-0.1, -0.05) is 44.7 Å². The van der Waals surface area contributed by atoms with Gasteiger partial charge in [0.2, 0.25) is 0 Å². The summed E-state index contributed by atoms with van der Waals surface area (Å²) in [5.74, 6) is 0.887. The van der Waals surface area contributed by atoms with Gasteiger partial charge in [-0.15, -0.1) is 0 Å². The molecule has 0 aliphatic carbocycles. The van der Waals surface area contributed by atoms with Crippen molar-refractivity contribution in [2.24, 2.45) is 10.2 Å². The van der Waals surface area contributed by atoms with Crippen LogP contribution in [-0.4, -0.2) is 49.2 Å². The highest BCUT2D eigenvalue weighted by Crippen LogP contribution is 2.19. The van der Waals surface area contributed by atoms with Crippen molar-refractivity contribution in [3.05, 3.63) is 144 Å². The number of benzene rings is 4. The molecular weight excluding hydrogens is 697 g/mol. The van der Waals surface area contributed by atoms with Crippen LogP contribution in [0.3, 0.4) is 0 Å². The number of rotatable bonds is 20. The zero-order chi connectivity index (χ0) is 39.3. The van der Waals surface area contributed by atoms with E-state index in [1.807, 2.05) is 93.6 Å². The Labute approximate surface area is 322 Å². The Balaban J connectivity index is 1.26. The second-order valence-corrected chi connectivity index (χ2v) is 11.9. The van der Waals surface area contributed by atoms with Gasteiger partial charge in [-0.25, -0.2) is 14.4 Å². The van der Waals surface area contributed by atoms with Crippen molar-refractivity contribution >= 4 is 41.5 Å². The minimum atomic E-state index is -0.507. The summed E-state index contributed by atoms with van der Waals surface area (Å²) in [5.41, 5.74) is 4.95. The smallest absolute Gasteiger partial charge is 0.336 e. The molecule has 0 heterocycles. The highest BCUT2D eigenvalue weighted by Gasteiger charge is 2.08. The van der Waals surface area contributed by atoms with Gasteiger partial charge in [0.1, 0.15) is 23.0 Å². The predicted molar refractivity (Wildman–Crippen MR) is 216 cm³/mol. The number of esters is 3. The number of carbonyl (C=O) groups is 3. The summed E-state index contributed by atoms with van der Waals surface area (Å²) >= 11 is 0. The topological polar surface area (TPSA) is 122 Å². The summed E-state index contributed by atoms with van der Waals surface area (Å²) in [4.78, 5) is 35.9. The Bertz CT molecular complexity index is 1980. The molecule has 284 valence electrons. The highest BCUT2D eigenvalue weighted by atomic mass is 16.5. The van der Waals surface area contributed by atoms with E-state index in [1.54, 1.807) is 36.4 Å². The molecule has 4 aromatic rings. The molecule has 4 rings (SSSR count). The van der Waals surface area contributed by atoms with Gasteiger partial charge in [-0.3, -0.25) is 0 Å². The van der Waals surface area contributed by atoms with E-state index in [9.17, 15) is 14.4 Å². The molecule has 0 saturated heterocycles. The molecule has 0 fully saturated rings. The number of carbonyl (C=O) groups excluding carboxylic acids is 3. The van der Waals surface area contributed by atoms with Gasteiger partial charge in [0, 0.05) is 18.2 Å². The van der Waals surface area contributed by atoms with Crippen molar-refractivity contribution in [2.45, 2.75) is 46.5 Å². The first-order chi connectivity index (χ1) is 26.8. The maximum Gasteiger partial charge on any atom is 0.336 e. The fourth-order valence-electron chi connectivity index (χ4n) is 4.99. The number of hydrogen-bond donors (Lipinski definition) is 0. The molecule has 0 bridgehead atoms. The van der Waals surface area contributed by atoms with Gasteiger partial charge in [0.15, 0.2) is 0 Å². The second-order valence-electron chi connectivity index (χ2n) is 11.9. The van der Waals surface area contributed by atoms with Crippen LogP contribution in [0.5, 0.6) is 23.0 Å². The molecule has 0 spiro atoms. The monoisotopic (exact) mass is 742 g/mol. The Kier molecular flexibility index (Phi) is 16.9. The molecule has 10 heteroatoms. The minimum absolute atomic E-state index is 0.328. The molecule has 0 radical (unpaired) electrons. The van der Waals surface area contributed by atoms with E-state index >= 15 is 0 Å². The van der Waals surface area contributed by atoms with E-state index in [-0.39, 0.29) is 0 Å². The zero-order valence-electron chi connectivity index (χ0n) is 31.4. The first kappa shape index (κ1) is 41.2. The molecule has 4 aromatic carbocycles. The average Bonchev–Trinajstić information content (AvgIpc) is 3.21. The molecule has 0 unspecified atom stereocenters. The fourth-order valence-corrected chi connectivity index (χ4v) is 4.99. The maximum atomic E-state index is 12.5. The average molecular weight is 743 g/mol. The number of ether oxygens (including phenoxy) is 5. The van der Waals surface area contributed by atoms with Crippen LogP contribution in [0.15, 0.2) is 132 Å². The van der Waals surface area contributed by atoms with Gasteiger partial charge in [0.05, 0.1) is 31.2 Å². The minimum Gasteiger partial charge on any atom is -0.494 e. The van der Waals surface area contributed by atoms with Crippen LogP contribution in [0.25, 0.3) is 12.2 Å². The summed E-state index contributed by atoms with van der Waals surface area (Å²) in [5, 5.41) is 9.10. The molecule has 0 amide bonds. The molecule has 0 N–H and O–H groups in total. The standard InChI is InChI=1S/C45H46N2O8/c1-5-41(35-17-25-39(26-18-35)54-44(49)29-15-33-11-21-37(22-12-33)51-8-4)46-47-42(6-2)36-19-27-40(28-20-36)55-45(50)30-16-34-13-23-38(24-14-34)52-31-9-10-32-53-43(48)7-3/h7,11-30H,3,5-6,8-10,31-32H2,1-2,4H3/b29-15+,30-16+,46-41+,47-42+. The summed E-state index contributed by atoms with van der Waals surface area (Å²) in [6.07, 6.45) is 9.97. The maximum absolute atomic E-state index is 12.5. The number of unbranched alkanes of at least 4 members (excludes halogenated alkanes) is 1. The van der Waals surface area contributed by atoms with Gasteiger partial charge in [-0.2, -0.15) is 10.2 Å². The van der Waals surface area contributed by atoms with Crippen LogP contribution >= 0.6 is 0 Å². The molecular formula is C45H46N2O8. The number of hydrogen-bond acceptors (Lipinski definition) is 10. The van der Waals surface area contributed by atoms with Crippen molar-refractivity contribution < 1.29 is 38.1 Å². The van der Waals surface area contributed by atoms with Crippen molar-refractivity contribution in [3.8, 4) is 23.0 Å². The van der Waals surface area contributed by atoms with E-state index in [2.05, 4.69) is 16.8 Å². The molecule has 0 aliphatic heterocycles. The van der Waals surface area contributed by atoms with Crippen molar-refractivity contribution in [2.75, 3.05) is 19.8 Å². The molecule has 0 atom stereocenters. The lowest BCUT2D eigenvalue weighted by Crippen LogP contribution is -2.05. The second kappa shape index (κ2) is 22.5. The fraction of sp³-hybridized carbons (Fsp3) is 0.222. The van der Waals surface area contributed by atoms with Gasteiger partial charge in [-0.05, 0) is 140 Å². The third kappa shape index (κ3) is 14.4. The van der Waals surface area contributed by atoms with E-state index in [0.29, 0.717) is 56.3 Å². The van der Waals surface area contributed by atoms with Crippen LogP contribution < -0.4 is 18.9 Å². The summed E-state index contributed by atoms with van der Waals surface area (Å²) in [6, 6.07) is 29.1. The van der Waals surface area contributed by atoms with Crippen LogP contribution in [-0.2, 0) is 19.1 Å². The molecule has 55 heavy (non-hydrogen) atoms. The lowest BCUT2D eigenvalue weighted by atomic mass is 10.1. The van der Waals surface area contributed by atoms with E-state index in [1.165, 1.54) is 12.2 Å². The lowest BCUT2D eigenvalue weighted by molar-refractivity contribution is -0.138. The quantitative estimate of drug-likeness (QED) is 0.0219. The summed E-state index contributed by atoms with van der Waals surface area (Å²) in [7, 11) is 0. The first-order valence-electron chi connectivity index (χ1n) is 18.2. The van der Waals surface area contributed by atoms with Crippen LogP contribution in [0.2, 0.25) is 0 Å². The largest absolute Gasteiger partial charge is 0.494 e. The van der Waals surface area contributed by atoms with Crippen LogP contribution in [0.1, 0.15) is 68.7 Å². The van der Waals surface area contributed by atoms with Crippen LogP contribution in [0.4, 0.5) is 0 Å². The van der Waals surface area contributed by atoms with Crippen molar-refractivity contribution in [1.82, 2.24) is 0 Å². The van der Waals surface area contributed by atoms with Gasteiger partial charge >= 0.3 is 17.9 Å². The Morgan fingerprint density at radius 3 is 1.38 bits per heavy atom. The van der Waals surface area contributed by atoms with E-state index in [4.69, 9.17) is 23.7 Å². The molecule has 10 nitrogen and oxygen atoms in total. The first-order valence-corrected chi connectivity index (χ1v) is 18.2.